The highest BCUT2D eigenvalue weighted by Gasteiger charge is 1.88. The van der Waals surface area contributed by atoms with Crippen LogP contribution in [0.3, 0.4) is 0 Å². The predicted molar refractivity (Wildman–Crippen MR) is 57.6 cm³/mol. The monoisotopic (exact) mass is 175 g/mol. The summed E-state index contributed by atoms with van der Waals surface area (Å²) >= 11 is 0. The Labute approximate surface area is 80.3 Å². The summed E-state index contributed by atoms with van der Waals surface area (Å²) in [6.45, 7) is 0.658. The first-order valence-corrected chi connectivity index (χ1v) is 4.82. The first-order valence-electron chi connectivity index (χ1n) is 4.82. The van der Waals surface area contributed by atoms with Gasteiger partial charge in [0, 0.05) is 6.54 Å². The molecule has 0 aliphatic rings. The van der Waals surface area contributed by atoms with Crippen LogP contribution in [0.4, 0.5) is 0 Å². The van der Waals surface area contributed by atoms with Crippen LogP contribution in [0.2, 0.25) is 0 Å². The molecule has 13 heavy (non-hydrogen) atoms. The van der Waals surface area contributed by atoms with Gasteiger partial charge in [0.15, 0.2) is 0 Å². The van der Waals surface area contributed by atoms with Crippen molar-refractivity contribution in [2.24, 2.45) is 5.73 Å². The van der Waals surface area contributed by atoms with Gasteiger partial charge < -0.3 is 5.73 Å². The van der Waals surface area contributed by atoms with Crippen molar-refractivity contribution < 1.29 is 0 Å². The number of rotatable bonds is 5. The Morgan fingerprint density at radius 1 is 1.08 bits per heavy atom. The molecule has 1 aromatic carbocycles. The van der Waals surface area contributed by atoms with Crippen LogP contribution in [-0.4, -0.2) is 6.54 Å². The maximum absolute atomic E-state index is 5.34. The number of nitrogens with two attached hydrogens (primary N) is 1. The van der Waals surface area contributed by atoms with Gasteiger partial charge in [-0.3, -0.25) is 0 Å². The molecule has 0 heterocycles. The molecule has 0 fully saturated rings. The fourth-order valence-electron chi connectivity index (χ4n) is 1.28. The molecule has 0 aromatic heterocycles. The fraction of sp³-hybridized carbons (Fsp3) is 0.333. The Bertz CT molecular complexity index is 239. The van der Waals surface area contributed by atoms with E-state index in [1.54, 1.807) is 0 Å². The van der Waals surface area contributed by atoms with Crippen LogP contribution in [-0.2, 0) is 6.42 Å². The zero-order valence-corrected chi connectivity index (χ0v) is 7.95. The molecule has 2 N–H and O–H groups in total. The smallest absolute Gasteiger partial charge is 0.0106 e. The van der Waals surface area contributed by atoms with Gasteiger partial charge in [0.1, 0.15) is 0 Å². The Hall–Kier alpha value is -1.08. The van der Waals surface area contributed by atoms with Gasteiger partial charge in [0.2, 0.25) is 0 Å². The van der Waals surface area contributed by atoms with Crippen molar-refractivity contribution in [1.82, 2.24) is 0 Å². The van der Waals surface area contributed by atoms with Gasteiger partial charge in [-0.05, 0) is 24.8 Å². The van der Waals surface area contributed by atoms with Crippen molar-refractivity contribution in [3.63, 3.8) is 0 Å². The van der Waals surface area contributed by atoms with Crippen LogP contribution < -0.4 is 5.73 Å². The van der Waals surface area contributed by atoms with E-state index in [0.717, 1.165) is 12.8 Å². The van der Waals surface area contributed by atoms with Gasteiger partial charge in [-0.1, -0.05) is 42.5 Å². The van der Waals surface area contributed by atoms with Gasteiger partial charge >= 0.3 is 0 Å². The lowest BCUT2D eigenvalue weighted by Gasteiger charge is -1.97. The lowest BCUT2D eigenvalue weighted by molar-refractivity contribution is 0.841. The molecule has 0 spiro atoms. The second-order valence-electron chi connectivity index (χ2n) is 3.08. The van der Waals surface area contributed by atoms with Gasteiger partial charge in [-0.15, -0.1) is 0 Å². The molecule has 0 radical (unpaired) electrons. The molecule has 0 saturated heterocycles. The standard InChI is InChI=1S/C12H17N/c13-11-7-2-1-4-8-12-9-5-3-6-10-12/h2-3,5-7,9-10H,1,4,8,11,13H2/b7-2-. The summed E-state index contributed by atoms with van der Waals surface area (Å²) < 4.78 is 0. The molecule has 0 aliphatic heterocycles. The molecule has 0 amide bonds. The number of hydrogen-bond acceptors (Lipinski definition) is 1. The summed E-state index contributed by atoms with van der Waals surface area (Å²) in [6, 6.07) is 10.6. The molecule has 1 nitrogen and oxygen atoms in total. The summed E-state index contributed by atoms with van der Waals surface area (Å²) in [7, 11) is 0. The van der Waals surface area contributed by atoms with Crippen LogP contribution in [0.25, 0.3) is 0 Å². The molecule has 0 aliphatic carbocycles. The molecule has 0 bridgehead atoms. The summed E-state index contributed by atoms with van der Waals surface area (Å²) in [4.78, 5) is 0. The SMILES string of the molecule is NC/C=C\CCCc1ccccc1. The Morgan fingerprint density at radius 2 is 1.85 bits per heavy atom. The van der Waals surface area contributed by atoms with Crippen LogP contribution in [0, 0.1) is 0 Å². The minimum absolute atomic E-state index is 0.658. The molecule has 70 valence electrons. The van der Waals surface area contributed by atoms with E-state index in [2.05, 4.69) is 36.4 Å². The van der Waals surface area contributed by atoms with E-state index in [1.807, 2.05) is 6.08 Å². The largest absolute Gasteiger partial charge is 0.327 e. The molecule has 0 atom stereocenters. The number of unbranched alkanes of at least 4 members (excludes halogenated alkanes) is 1. The minimum atomic E-state index is 0.658. The van der Waals surface area contributed by atoms with E-state index < -0.39 is 0 Å². The number of allylic oxidation sites excluding steroid dienone is 1. The highest BCUT2D eigenvalue weighted by Crippen LogP contribution is 2.04. The van der Waals surface area contributed by atoms with Crippen molar-refractivity contribution in [2.45, 2.75) is 19.3 Å². The minimum Gasteiger partial charge on any atom is -0.327 e. The molecule has 1 heteroatoms. The molecule has 0 saturated carbocycles. The van der Waals surface area contributed by atoms with Crippen molar-refractivity contribution >= 4 is 0 Å². The fourth-order valence-corrected chi connectivity index (χ4v) is 1.28. The highest BCUT2D eigenvalue weighted by atomic mass is 14.5. The maximum atomic E-state index is 5.34. The first-order chi connectivity index (χ1) is 6.43. The van der Waals surface area contributed by atoms with Crippen molar-refractivity contribution in [1.29, 1.82) is 0 Å². The van der Waals surface area contributed by atoms with Crippen LogP contribution in [0.5, 0.6) is 0 Å². The number of benzene rings is 1. The predicted octanol–water partition coefficient (Wildman–Crippen LogP) is 2.52. The van der Waals surface area contributed by atoms with Gasteiger partial charge in [0.05, 0.1) is 0 Å². The quantitative estimate of drug-likeness (QED) is 0.540. The van der Waals surface area contributed by atoms with Crippen LogP contribution >= 0.6 is 0 Å². The number of hydrogen-bond donors (Lipinski definition) is 1. The lowest BCUT2D eigenvalue weighted by Crippen LogP contribution is -1.92. The number of aryl methyl sites for hydroxylation is 1. The summed E-state index contributed by atoms with van der Waals surface area (Å²) in [6.07, 6.45) is 7.68. The van der Waals surface area contributed by atoms with E-state index in [9.17, 15) is 0 Å². The lowest BCUT2D eigenvalue weighted by atomic mass is 10.1. The van der Waals surface area contributed by atoms with Gasteiger partial charge in [0.25, 0.3) is 0 Å². The average Bonchev–Trinajstić information content (AvgIpc) is 2.19. The summed E-state index contributed by atoms with van der Waals surface area (Å²) in [5.41, 5.74) is 6.76. The summed E-state index contributed by atoms with van der Waals surface area (Å²) in [5.74, 6) is 0. The van der Waals surface area contributed by atoms with Crippen LogP contribution in [0.15, 0.2) is 42.5 Å². The van der Waals surface area contributed by atoms with E-state index in [0.29, 0.717) is 6.54 Å². The van der Waals surface area contributed by atoms with Crippen LogP contribution in [0.1, 0.15) is 18.4 Å². The Kier molecular flexibility index (Phi) is 4.95. The van der Waals surface area contributed by atoms with E-state index >= 15 is 0 Å². The normalized spacial score (nSPS) is 10.8. The van der Waals surface area contributed by atoms with Crippen molar-refractivity contribution in [3.05, 3.63) is 48.0 Å². The second kappa shape index (κ2) is 6.44. The summed E-state index contributed by atoms with van der Waals surface area (Å²) in [5, 5.41) is 0. The molecular formula is C12H17N. The molecule has 1 rings (SSSR count). The average molecular weight is 175 g/mol. The Morgan fingerprint density at radius 3 is 2.54 bits per heavy atom. The van der Waals surface area contributed by atoms with Gasteiger partial charge in [-0.25, -0.2) is 0 Å². The van der Waals surface area contributed by atoms with E-state index in [4.69, 9.17) is 5.73 Å². The third-order valence-electron chi connectivity index (χ3n) is 1.98. The molecule has 0 unspecified atom stereocenters. The third kappa shape index (κ3) is 4.48. The first kappa shape index (κ1) is 10.0. The zero-order chi connectivity index (χ0) is 9.36. The van der Waals surface area contributed by atoms with Gasteiger partial charge in [-0.2, -0.15) is 0 Å². The highest BCUT2D eigenvalue weighted by molar-refractivity contribution is 5.14. The van der Waals surface area contributed by atoms with Crippen molar-refractivity contribution in [3.8, 4) is 0 Å². The van der Waals surface area contributed by atoms with Crippen molar-refractivity contribution in [2.75, 3.05) is 6.54 Å². The Balaban J connectivity index is 2.17. The third-order valence-corrected chi connectivity index (χ3v) is 1.98. The van der Waals surface area contributed by atoms with E-state index in [-0.39, 0.29) is 0 Å². The van der Waals surface area contributed by atoms with E-state index in [1.165, 1.54) is 12.0 Å². The zero-order valence-electron chi connectivity index (χ0n) is 7.95. The maximum Gasteiger partial charge on any atom is 0.0106 e. The molecular weight excluding hydrogens is 158 g/mol. The molecule has 1 aromatic rings. The second-order valence-corrected chi connectivity index (χ2v) is 3.08. The topological polar surface area (TPSA) is 26.0 Å².